The highest BCUT2D eigenvalue weighted by atomic mass is 127. The maximum atomic E-state index is 5.25. The van der Waals surface area contributed by atoms with Gasteiger partial charge in [-0.25, -0.2) is 0 Å². The van der Waals surface area contributed by atoms with Crippen LogP contribution in [-0.2, 0) is 4.74 Å². The molecule has 2 fully saturated rings. The Hall–Kier alpha value is -0.0800. The zero-order chi connectivity index (χ0) is 14.4. The molecular formula is C15H31IN4O. The third-order valence-corrected chi connectivity index (χ3v) is 4.35. The van der Waals surface area contributed by atoms with Crippen LogP contribution < -0.4 is 5.32 Å². The van der Waals surface area contributed by atoms with E-state index >= 15 is 0 Å². The molecule has 0 spiro atoms. The van der Waals surface area contributed by atoms with E-state index in [0.717, 1.165) is 51.3 Å². The fourth-order valence-corrected chi connectivity index (χ4v) is 3.08. The summed E-state index contributed by atoms with van der Waals surface area (Å²) >= 11 is 0. The van der Waals surface area contributed by atoms with Crippen LogP contribution in [0.5, 0.6) is 0 Å². The lowest BCUT2D eigenvalue weighted by Gasteiger charge is -2.24. The van der Waals surface area contributed by atoms with Crippen molar-refractivity contribution in [3.8, 4) is 0 Å². The summed E-state index contributed by atoms with van der Waals surface area (Å²) in [6, 6.07) is 0.849. The number of hydrogen-bond acceptors (Lipinski definition) is 3. The van der Waals surface area contributed by atoms with Gasteiger partial charge in [0.05, 0.1) is 6.61 Å². The molecule has 0 aromatic rings. The van der Waals surface area contributed by atoms with Crippen LogP contribution in [0, 0.1) is 5.92 Å². The van der Waals surface area contributed by atoms with Gasteiger partial charge in [-0.3, -0.25) is 9.89 Å². The molecule has 1 N–H and O–H groups in total. The summed E-state index contributed by atoms with van der Waals surface area (Å²) in [7, 11) is 3.66. The first-order valence-electron chi connectivity index (χ1n) is 7.97. The van der Waals surface area contributed by atoms with Crippen LogP contribution >= 0.6 is 24.0 Å². The van der Waals surface area contributed by atoms with Crippen LogP contribution in [0.3, 0.4) is 0 Å². The zero-order valence-corrected chi connectivity index (χ0v) is 16.0. The molecule has 0 aromatic carbocycles. The van der Waals surface area contributed by atoms with Crippen LogP contribution in [0.4, 0.5) is 0 Å². The molecule has 2 aliphatic rings. The maximum absolute atomic E-state index is 5.25. The lowest BCUT2D eigenvalue weighted by molar-refractivity contribution is 0.157. The lowest BCUT2D eigenvalue weighted by Crippen LogP contribution is -2.43. The lowest BCUT2D eigenvalue weighted by atomic mass is 10.1. The van der Waals surface area contributed by atoms with Gasteiger partial charge in [-0.05, 0) is 25.8 Å². The van der Waals surface area contributed by atoms with E-state index < -0.39 is 0 Å². The molecule has 5 nitrogen and oxygen atoms in total. The molecule has 1 atom stereocenters. The van der Waals surface area contributed by atoms with Crippen LogP contribution in [0.2, 0.25) is 0 Å². The largest absolute Gasteiger partial charge is 0.384 e. The first-order chi connectivity index (χ1) is 9.78. The number of methoxy groups -OCH3 is 1. The van der Waals surface area contributed by atoms with Crippen LogP contribution in [0.25, 0.3) is 0 Å². The number of hydrogen-bond donors (Lipinski definition) is 1. The summed E-state index contributed by atoms with van der Waals surface area (Å²) in [5.74, 6) is 1.70. The number of nitrogens with one attached hydrogen (secondary N) is 1. The van der Waals surface area contributed by atoms with E-state index in [1.54, 1.807) is 7.11 Å². The van der Waals surface area contributed by atoms with E-state index in [1.165, 1.54) is 19.3 Å². The summed E-state index contributed by atoms with van der Waals surface area (Å²) in [6.07, 6.45) is 3.97. The first-order valence-corrected chi connectivity index (χ1v) is 7.97. The highest BCUT2D eigenvalue weighted by Gasteiger charge is 2.28. The number of halogens is 1. The summed E-state index contributed by atoms with van der Waals surface area (Å²) in [5, 5.41) is 3.51. The number of ether oxygens (including phenoxy) is 1. The molecule has 21 heavy (non-hydrogen) atoms. The molecule has 124 valence electrons. The second-order valence-corrected chi connectivity index (χ2v) is 5.89. The Morgan fingerprint density at radius 3 is 2.71 bits per heavy atom. The van der Waals surface area contributed by atoms with E-state index in [-0.39, 0.29) is 24.0 Å². The van der Waals surface area contributed by atoms with Crippen molar-refractivity contribution in [1.29, 1.82) is 0 Å². The molecule has 6 heteroatoms. The quantitative estimate of drug-likeness (QED) is 0.394. The predicted molar refractivity (Wildman–Crippen MR) is 98.6 cm³/mol. The van der Waals surface area contributed by atoms with Crippen molar-refractivity contribution in [2.75, 3.05) is 53.5 Å². The van der Waals surface area contributed by atoms with Crippen LogP contribution in [0.15, 0.2) is 4.99 Å². The fourth-order valence-electron chi connectivity index (χ4n) is 3.08. The number of guanidine groups is 1. The minimum Gasteiger partial charge on any atom is -0.384 e. The van der Waals surface area contributed by atoms with E-state index in [0.29, 0.717) is 5.92 Å². The predicted octanol–water partition coefficient (Wildman–Crippen LogP) is 1.63. The van der Waals surface area contributed by atoms with Crippen molar-refractivity contribution in [3.05, 3.63) is 0 Å². The molecule has 0 aromatic heterocycles. The Balaban J connectivity index is 0.00000220. The van der Waals surface area contributed by atoms with E-state index in [1.807, 2.05) is 7.05 Å². The molecule has 1 aliphatic heterocycles. The van der Waals surface area contributed by atoms with Crippen molar-refractivity contribution < 1.29 is 4.74 Å². The average molecular weight is 410 g/mol. The van der Waals surface area contributed by atoms with E-state index in [2.05, 4.69) is 27.0 Å². The van der Waals surface area contributed by atoms with Crippen LogP contribution in [-0.4, -0.2) is 75.3 Å². The molecule has 1 aliphatic carbocycles. The van der Waals surface area contributed by atoms with Crippen molar-refractivity contribution in [2.24, 2.45) is 10.9 Å². The smallest absolute Gasteiger partial charge is 0.193 e. The zero-order valence-electron chi connectivity index (χ0n) is 13.7. The molecule has 0 amide bonds. The van der Waals surface area contributed by atoms with Crippen molar-refractivity contribution in [2.45, 2.75) is 32.2 Å². The second kappa shape index (κ2) is 9.84. The van der Waals surface area contributed by atoms with Gasteiger partial charge in [0, 0.05) is 52.3 Å². The monoisotopic (exact) mass is 410 g/mol. The summed E-state index contributed by atoms with van der Waals surface area (Å²) in [4.78, 5) is 9.35. The third kappa shape index (κ3) is 5.90. The van der Waals surface area contributed by atoms with Gasteiger partial charge in [-0.1, -0.05) is 6.92 Å². The van der Waals surface area contributed by atoms with Gasteiger partial charge in [0.2, 0.25) is 0 Å². The third-order valence-electron chi connectivity index (χ3n) is 4.35. The Morgan fingerprint density at radius 2 is 2.14 bits per heavy atom. The second-order valence-electron chi connectivity index (χ2n) is 5.89. The van der Waals surface area contributed by atoms with Crippen molar-refractivity contribution in [1.82, 2.24) is 15.1 Å². The van der Waals surface area contributed by atoms with E-state index in [9.17, 15) is 0 Å². The Kier molecular flexibility index (Phi) is 8.89. The highest BCUT2D eigenvalue weighted by Crippen LogP contribution is 2.25. The fraction of sp³-hybridized carbons (Fsp3) is 0.933. The molecule has 1 saturated heterocycles. The molecule has 0 bridgehead atoms. The number of nitrogens with zero attached hydrogens (tertiary/aromatic N) is 3. The topological polar surface area (TPSA) is 40.1 Å². The summed E-state index contributed by atoms with van der Waals surface area (Å²) in [6.45, 7) is 8.53. The molecular weight excluding hydrogens is 379 g/mol. The summed E-state index contributed by atoms with van der Waals surface area (Å²) in [5.41, 5.74) is 0. The van der Waals surface area contributed by atoms with E-state index in [4.69, 9.17) is 4.74 Å². The summed E-state index contributed by atoms with van der Waals surface area (Å²) < 4.78 is 5.25. The Labute approximate surface area is 146 Å². The molecule has 1 heterocycles. The van der Waals surface area contributed by atoms with Crippen LogP contribution in [0.1, 0.15) is 26.2 Å². The van der Waals surface area contributed by atoms with Gasteiger partial charge in [-0.2, -0.15) is 0 Å². The van der Waals surface area contributed by atoms with Gasteiger partial charge >= 0.3 is 0 Å². The first kappa shape index (κ1) is 19.0. The van der Waals surface area contributed by atoms with Gasteiger partial charge in [-0.15, -0.1) is 24.0 Å². The van der Waals surface area contributed by atoms with Crippen molar-refractivity contribution >= 4 is 29.9 Å². The number of aliphatic imine (C=N–C) groups is 1. The molecule has 0 radical (unpaired) electrons. The highest BCUT2D eigenvalue weighted by molar-refractivity contribution is 14.0. The Morgan fingerprint density at radius 1 is 1.38 bits per heavy atom. The normalized spacial score (nSPS) is 22.6. The van der Waals surface area contributed by atoms with Gasteiger partial charge in [0.15, 0.2) is 5.96 Å². The van der Waals surface area contributed by atoms with Gasteiger partial charge in [0.1, 0.15) is 0 Å². The standard InChI is InChI=1S/C15H30N4O.HI/c1-4-18(14-5-6-14)10-8-17-15(16-2)19-9-7-13(11-19)12-20-3;/h13-14H,4-12H2,1-3H3,(H,16,17);1H. The number of likely N-dealkylation sites (tertiary alicyclic amines) is 1. The number of rotatable bonds is 7. The minimum absolute atomic E-state index is 0. The van der Waals surface area contributed by atoms with Crippen molar-refractivity contribution in [3.63, 3.8) is 0 Å². The SMILES string of the molecule is CCN(CCNC(=NC)N1CCC(COC)C1)C1CC1.I. The molecule has 2 rings (SSSR count). The Bertz CT molecular complexity index is 323. The minimum atomic E-state index is 0. The molecule has 1 unspecified atom stereocenters. The van der Waals surface area contributed by atoms with Gasteiger partial charge in [0.25, 0.3) is 0 Å². The number of likely N-dealkylation sites (N-methyl/N-ethyl adjacent to an activating group) is 1. The maximum Gasteiger partial charge on any atom is 0.193 e. The molecule has 1 saturated carbocycles. The van der Waals surface area contributed by atoms with Gasteiger partial charge < -0.3 is 15.0 Å². The average Bonchev–Trinajstić information content (AvgIpc) is 3.20.